The molecule has 1 N–H and O–H groups in total. The first-order valence-electron chi connectivity index (χ1n) is 11.4. The smallest absolute Gasteiger partial charge is 0.275 e. The number of nitrogens with one attached hydrogen (secondary N) is 1. The van der Waals surface area contributed by atoms with Crippen LogP contribution in [0, 0.1) is 5.92 Å². The largest absolute Gasteiger partial charge is 0.495 e. The van der Waals surface area contributed by atoms with Crippen molar-refractivity contribution in [3.8, 4) is 5.75 Å². The molecule has 3 aromatic rings. The fourth-order valence-electron chi connectivity index (χ4n) is 5.16. The molecule has 1 aromatic carbocycles. The highest BCUT2D eigenvalue weighted by Crippen LogP contribution is 2.39. The summed E-state index contributed by atoms with van der Waals surface area (Å²) >= 11 is 8.01. The molecule has 0 unspecified atom stereocenters. The molecule has 174 valence electrons. The second kappa shape index (κ2) is 8.37. The first-order chi connectivity index (χ1) is 15.8. The summed E-state index contributed by atoms with van der Waals surface area (Å²) in [6.07, 6.45) is 4.15. The molecule has 1 fully saturated rings. The molecular weight excluding hydrogens is 458 g/mol. The molecule has 2 aromatic heterocycles. The molecule has 1 atom stereocenters. The van der Waals surface area contributed by atoms with Gasteiger partial charge in [0.2, 0.25) is 5.91 Å². The zero-order valence-electron chi connectivity index (χ0n) is 19.1. The number of carbonyl (C=O) groups is 2. The molecule has 6 nitrogen and oxygen atoms in total. The van der Waals surface area contributed by atoms with Crippen LogP contribution in [-0.4, -0.2) is 35.1 Å². The third kappa shape index (κ3) is 3.71. The van der Waals surface area contributed by atoms with Gasteiger partial charge in [0.05, 0.1) is 28.9 Å². The molecule has 1 aliphatic carbocycles. The summed E-state index contributed by atoms with van der Waals surface area (Å²) in [7, 11) is 1.55. The molecule has 2 amide bonds. The number of anilines is 1. The summed E-state index contributed by atoms with van der Waals surface area (Å²) < 4.78 is 8.31. The van der Waals surface area contributed by atoms with E-state index in [0.29, 0.717) is 34.6 Å². The van der Waals surface area contributed by atoms with Crippen molar-refractivity contribution in [3.05, 3.63) is 46.4 Å². The van der Waals surface area contributed by atoms with Crippen LogP contribution in [0.15, 0.2) is 35.7 Å². The van der Waals surface area contributed by atoms with E-state index < -0.39 is 5.54 Å². The summed E-state index contributed by atoms with van der Waals surface area (Å²) in [4.78, 5) is 29.3. The summed E-state index contributed by atoms with van der Waals surface area (Å²) in [6.45, 7) is 4.48. The second-order valence-corrected chi connectivity index (χ2v) is 10.8. The van der Waals surface area contributed by atoms with Gasteiger partial charge in [-0.1, -0.05) is 18.5 Å². The molecule has 1 saturated carbocycles. The van der Waals surface area contributed by atoms with E-state index in [0.717, 1.165) is 35.9 Å². The number of hydrogen-bond donors (Lipinski definition) is 1. The highest BCUT2D eigenvalue weighted by atomic mass is 35.5. The van der Waals surface area contributed by atoms with Crippen LogP contribution < -0.4 is 15.0 Å². The summed E-state index contributed by atoms with van der Waals surface area (Å²) in [5.41, 5.74) is 1.04. The number of hydrogen-bond acceptors (Lipinski definition) is 4. The van der Waals surface area contributed by atoms with E-state index in [2.05, 4.69) is 12.2 Å². The number of halogens is 1. The Bertz CT molecular complexity index is 1230. The van der Waals surface area contributed by atoms with E-state index in [1.54, 1.807) is 41.5 Å². The molecule has 8 heteroatoms. The van der Waals surface area contributed by atoms with E-state index in [1.807, 2.05) is 29.0 Å². The van der Waals surface area contributed by atoms with Gasteiger partial charge in [0.25, 0.3) is 5.91 Å². The number of rotatable bonds is 4. The van der Waals surface area contributed by atoms with Gasteiger partial charge < -0.3 is 14.6 Å². The molecule has 0 spiro atoms. The standard InChI is InChI=1S/C25H28ClN3O3S/c1-15-4-6-16(7-5-15)27-24(31)25(2)14-28-19-10-11-33-22(19)13-20(28)23(30)29(25)17-8-9-21(32-3)18(26)12-17/h8-13,15-16H,4-7,14H2,1-3H3,(H,27,31)/t15?,16?,25-/m1/s1. The van der Waals surface area contributed by atoms with Crippen LogP contribution in [0.25, 0.3) is 10.2 Å². The van der Waals surface area contributed by atoms with E-state index in [4.69, 9.17) is 16.3 Å². The predicted octanol–water partition coefficient (Wildman–Crippen LogP) is 5.48. The molecule has 0 bridgehead atoms. The van der Waals surface area contributed by atoms with Crippen molar-refractivity contribution in [2.45, 2.75) is 57.7 Å². The topological polar surface area (TPSA) is 63.6 Å². The Morgan fingerprint density at radius 2 is 1.97 bits per heavy atom. The minimum Gasteiger partial charge on any atom is -0.495 e. The Labute approximate surface area is 202 Å². The average molecular weight is 486 g/mol. The first-order valence-corrected chi connectivity index (χ1v) is 12.6. The van der Waals surface area contributed by atoms with Gasteiger partial charge in [-0.05, 0) is 74.2 Å². The highest BCUT2D eigenvalue weighted by molar-refractivity contribution is 7.17. The van der Waals surface area contributed by atoms with Crippen LogP contribution in [0.5, 0.6) is 5.75 Å². The van der Waals surface area contributed by atoms with E-state index >= 15 is 0 Å². The van der Waals surface area contributed by atoms with Gasteiger partial charge in [-0.3, -0.25) is 14.5 Å². The molecule has 5 rings (SSSR count). The number of amides is 2. The molecule has 1 aliphatic heterocycles. The van der Waals surface area contributed by atoms with Crippen LogP contribution in [0.4, 0.5) is 5.69 Å². The Balaban J connectivity index is 1.57. The van der Waals surface area contributed by atoms with Gasteiger partial charge in [-0.25, -0.2) is 0 Å². The maximum atomic E-state index is 13.9. The Kier molecular flexibility index (Phi) is 5.65. The SMILES string of the molecule is COc1ccc(N2C(=O)c3cc4sccc4n3C[C@]2(C)C(=O)NC2CCC(C)CC2)cc1Cl. The van der Waals surface area contributed by atoms with Crippen molar-refractivity contribution in [2.24, 2.45) is 5.92 Å². The average Bonchev–Trinajstić information content (AvgIpc) is 3.38. The number of methoxy groups -OCH3 is 1. The zero-order chi connectivity index (χ0) is 23.3. The maximum absolute atomic E-state index is 13.9. The molecule has 0 saturated heterocycles. The number of carbonyl (C=O) groups excluding carboxylic acids is 2. The lowest BCUT2D eigenvalue weighted by Crippen LogP contribution is -2.65. The third-order valence-electron chi connectivity index (χ3n) is 7.14. The van der Waals surface area contributed by atoms with Crippen molar-refractivity contribution in [3.63, 3.8) is 0 Å². The molecule has 3 heterocycles. The number of ether oxygens (including phenoxy) is 1. The van der Waals surface area contributed by atoms with Crippen LogP contribution >= 0.6 is 22.9 Å². The molecule has 33 heavy (non-hydrogen) atoms. The van der Waals surface area contributed by atoms with E-state index in [1.165, 1.54) is 0 Å². The van der Waals surface area contributed by atoms with Crippen LogP contribution in [0.2, 0.25) is 5.02 Å². The van der Waals surface area contributed by atoms with Crippen molar-refractivity contribution in [1.29, 1.82) is 0 Å². The highest BCUT2D eigenvalue weighted by Gasteiger charge is 2.49. The lowest BCUT2D eigenvalue weighted by atomic mass is 9.86. The lowest BCUT2D eigenvalue weighted by molar-refractivity contribution is -0.127. The van der Waals surface area contributed by atoms with Crippen LogP contribution in [0.1, 0.15) is 50.0 Å². The first kappa shape index (κ1) is 22.3. The molecule has 2 aliphatic rings. The Hall–Kier alpha value is -2.51. The van der Waals surface area contributed by atoms with Crippen molar-refractivity contribution >= 4 is 50.7 Å². The van der Waals surface area contributed by atoms with Gasteiger partial charge in [-0.2, -0.15) is 0 Å². The zero-order valence-corrected chi connectivity index (χ0v) is 20.6. The number of benzene rings is 1. The molecular formula is C25H28ClN3O3S. The number of aromatic nitrogens is 1. The maximum Gasteiger partial charge on any atom is 0.275 e. The lowest BCUT2D eigenvalue weighted by Gasteiger charge is -2.45. The monoisotopic (exact) mass is 485 g/mol. The number of fused-ring (bicyclic) bond motifs is 3. The van der Waals surface area contributed by atoms with Crippen molar-refractivity contribution < 1.29 is 14.3 Å². The quantitative estimate of drug-likeness (QED) is 0.532. The Morgan fingerprint density at radius 1 is 1.21 bits per heavy atom. The number of thiophene rings is 1. The van der Waals surface area contributed by atoms with E-state index in [9.17, 15) is 9.59 Å². The van der Waals surface area contributed by atoms with Crippen molar-refractivity contribution in [2.75, 3.05) is 12.0 Å². The van der Waals surface area contributed by atoms with E-state index in [-0.39, 0.29) is 17.9 Å². The van der Waals surface area contributed by atoms with Gasteiger partial charge in [0, 0.05) is 11.7 Å². The van der Waals surface area contributed by atoms with Gasteiger partial charge in [0.15, 0.2) is 0 Å². The summed E-state index contributed by atoms with van der Waals surface area (Å²) in [5.74, 6) is 0.874. The van der Waals surface area contributed by atoms with Gasteiger partial charge in [0.1, 0.15) is 17.0 Å². The summed E-state index contributed by atoms with van der Waals surface area (Å²) in [5, 5.41) is 5.68. The minimum atomic E-state index is -1.11. The van der Waals surface area contributed by atoms with Crippen LogP contribution in [-0.2, 0) is 11.3 Å². The summed E-state index contributed by atoms with van der Waals surface area (Å²) in [6, 6.07) is 9.29. The van der Waals surface area contributed by atoms with Crippen molar-refractivity contribution in [1.82, 2.24) is 9.88 Å². The molecule has 0 radical (unpaired) electrons. The van der Waals surface area contributed by atoms with Gasteiger partial charge >= 0.3 is 0 Å². The predicted molar refractivity (Wildman–Crippen MR) is 133 cm³/mol. The normalized spacial score (nSPS) is 25.2. The Morgan fingerprint density at radius 3 is 2.67 bits per heavy atom. The van der Waals surface area contributed by atoms with Gasteiger partial charge in [-0.15, -0.1) is 11.3 Å². The second-order valence-electron chi connectivity index (χ2n) is 9.45. The fraction of sp³-hybridized carbons (Fsp3) is 0.440. The fourth-order valence-corrected chi connectivity index (χ4v) is 6.23. The van der Waals surface area contributed by atoms with Crippen LogP contribution in [0.3, 0.4) is 0 Å². The minimum absolute atomic E-state index is 0.133. The third-order valence-corrected chi connectivity index (χ3v) is 8.29. The number of nitrogens with zero attached hydrogens (tertiary/aromatic N) is 2.